The SMILES string of the molecule is CC1(C)[C@H](O)C2=C([C@H]1O)[C@@](C)(O)C1(CC1)[C@@](C)(O)C2=O. The Hall–Kier alpha value is -0.750. The van der Waals surface area contributed by atoms with Crippen LogP contribution in [0.2, 0.25) is 0 Å². The molecule has 0 aromatic rings. The van der Waals surface area contributed by atoms with Gasteiger partial charge in [0.1, 0.15) is 5.60 Å². The largest absolute Gasteiger partial charge is 0.388 e. The molecule has 5 heteroatoms. The van der Waals surface area contributed by atoms with Crippen molar-refractivity contribution in [1.29, 1.82) is 0 Å². The first-order valence-electron chi connectivity index (χ1n) is 7.03. The molecule has 0 unspecified atom stereocenters. The summed E-state index contributed by atoms with van der Waals surface area (Å²) in [5.41, 5.74) is -4.92. The predicted molar refractivity (Wildman–Crippen MR) is 70.7 cm³/mol. The molecule has 0 heterocycles. The number of hydrogen-bond acceptors (Lipinski definition) is 5. The van der Waals surface area contributed by atoms with Crippen molar-refractivity contribution < 1.29 is 25.2 Å². The molecule has 0 amide bonds. The minimum absolute atomic E-state index is 0.00461. The Morgan fingerprint density at radius 2 is 1.45 bits per heavy atom. The van der Waals surface area contributed by atoms with Crippen molar-refractivity contribution in [2.45, 2.75) is 63.9 Å². The number of aliphatic hydroxyl groups excluding tert-OH is 2. The lowest BCUT2D eigenvalue weighted by molar-refractivity contribution is -0.160. The Balaban J connectivity index is 2.28. The molecule has 1 saturated carbocycles. The average Bonchev–Trinajstić information content (AvgIpc) is 3.10. The molecule has 0 aromatic carbocycles. The van der Waals surface area contributed by atoms with Gasteiger partial charge in [0.05, 0.1) is 17.8 Å². The lowest BCUT2D eigenvalue weighted by Gasteiger charge is -2.48. The van der Waals surface area contributed by atoms with E-state index in [9.17, 15) is 25.2 Å². The molecule has 0 bridgehead atoms. The fourth-order valence-electron chi connectivity index (χ4n) is 4.27. The van der Waals surface area contributed by atoms with Gasteiger partial charge in [0.2, 0.25) is 0 Å². The van der Waals surface area contributed by atoms with E-state index in [1.54, 1.807) is 13.8 Å². The van der Waals surface area contributed by atoms with E-state index in [1.807, 2.05) is 0 Å². The van der Waals surface area contributed by atoms with Gasteiger partial charge in [-0.15, -0.1) is 0 Å². The Kier molecular flexibility index (Phi) is 2.38. The van der Waals surface area contributed by atoms with Gasteiger partial charge in [-0.3, -0.25) is 4.79 Å². The molecule has 3 aliphatic rings. The van der Waals surface area contributed by atoms with Crippen LogP contribution in [-0.4, -0.2) is 49.6 Å². The number of carbonyl (C=O) groups is 1. The summed E-state index contributed by atoms with van der Waals surface area (Å²) < 4.78 is 0. The lowest BCUT2D eigenvalue weighted by Crippen LogP contribution is -2.61. The molecular weight excluding hydrogens is 260 g/mol. The zero-order valence-electron chi connectivity index (χ0n) is 12.3. The lowest BCUT2D eigenvalue weighted by atomic mass is 9.61. The standard InChI is InChI=1S/C15H22O5/c1-12(2)9(16)7-8(11(12)18)13(3,19)15(5-6-15)14(4,20)10(7)17/h9,11,16,18-20H,5-6H2,1-4H3/t9-,11-,13-,14+/m1/s1. The van der Waals surface area contributed by atoms with Crippen LogP contribution in [0.15, 0.2) is 11.1 Å². The van der Waals surface area contributed by atoms with E-state index in [4.69, 9.17) is 0 Å². The van der Waals surface area contributed by atoms with Crippen LogP contribution in [0.5, 0.6) is 0 Å². The Labute approximate surface area is 117 Å². The fraction of sp³-hybridized carbons (Fsp3) is 0.800. The number of ketones is 1. The van der Waals surface area contributed by atoms with Crippen LogP contribution in [0.3, 0.4) is 0 Å². The van der Waals surface area contributed by atoms with E-state index in [-0.39, 0.29) is 11.1 Å². The number of rotatable bonds is 0. The minimum atomic E-state index is -1.71. The zero-order chi connectivity index (χ0) is 15.3. The third-order valence-electron chi connectivity index (χ3n) is 6.07. The number of aliphatic hydroxyl groups is 4. The first-order chi connectivity index (χ1) is 8.93. The molecule has 3 aliphatic carbocycles. The third kappa shape index (κ3) is 1.18. The summed E-state index contributed by atoms with van der Waals surface area (Å²) in [4.78, 5) is 12.6. The second kappa shape index (κ2) is 3.35. The van der Waals surface area contributed by atoms with Gasteiger partial charge in [-0.05, 0) is 26.7 Å². The van der Waals surface area contributed by atoms with Gasteiger partial charge in [0, 0.05) is 22.0 Å². The maximum Gasteiger partial charge on any atom is 0.193 e. The van der Waals surface area contributed by atoms with E-state index in [0.29, 0.717) is 12.8 Å². The average molecular weight is 282 g/mol. The molecule has 112 valence electrons. The molecule has 5 nitrogen and oxygen atoms in total. The summed E-state index contributed by atoms with van der Waals surface area (Å²) in [5, 5.41) is 42.5. The minimum Gasteiger partial charge on any atom is -0.388 e. The molecule has 0 aromatic heterocycles. The number of Topliss-reactive ketones (excluding diaryl/α,β-unsaturated/α-hetero) is 1. The first-order valence-corrected chi connectivity index (χ1v) is 7.03. The Morgan fingerprint density at radius 1 is 0.950 bits per heavy atom. The van der Waals surface area contributed by atoms with Gasteiger partial charge in [-0.1, -0.05) is 13.8 Å². The topological polar surface area (TPSA) is 98.0 Å². The molecule has 1 spiro atoms. The maximum atomic E-state index is 12.6. The molecule has 1 fully saturated rings. The van der Waals surface area contributed by atoms with E-state index in [1.165, 1.54) is 13.8 Å². The quantitative estimate of drug-likeness (QED) is 0.498. The van der Waals surface area contributed by atoms with Gasteiger partial charge in [-0.2, -0.15) is 0 Å². The molecule has 0 saturated heterocycles. The molecular formula is C15H22O5. The van der Waals surface area contributed by atoms with Crippen LogP contribution in [-0.2, 0) is 4.79 Å². The fourth-order valence-corrected chi connectivity index (χ4v) is 4.27. The zero-order valence-corrected chi connectivity index (χ0v) is 12.3. The smallest absolute Gasteiger partial charge is 0.193 e. The summed E-state index contributed by atoms with van der Waals surface area (Å²) in [5.74, 6) is -0.561. The second-order valence-corrected chi connectivity index (χ2v) is 7.51. The molecule has 20 heavy (non-hydrogen) atoms. The molecule has 4 atom stereocenters. The van der Waals surface area contributed by atoms with Crippen molar-refractivity contribution in [2.24, 2.45) is 10.8 Å². The van der Waals surface area contributed by atoms with E-state index in [0.717, 1.165) is 0 Å². The van der Waals surface area contributed by atoms with E-state index < -0.39 is 40.0 Å². The molecule has 4 N–H and O–H groups in total. The first kappa shape index (κ1) is 14.2. The molecule has 3 rings (SSSR count). The number of hydrogen-bond donors (Lipinski definition) is 4. The van der Waals surface area contributed by atoms with E-state index >= 15 is 0 Å². The van der Waals surface area contributed by atoms with Crippen LogP contribution in [0.25, 0.3) is 0 Å². The van der Waals surface area contributed by atoms with Crippen molar-refractivity contribution in [3.63, 3.8) is 0 Å². The predicted octanol–water partition coefficient (Wildman–Crippen LogP) is -0.0905. The monoisotopic (exact) mass is 282 g/mol. The van der Waals surface area contributed by atoms with Gasteiger partial charge in [-0.25, -0.2) is 0 Å². The van der Waals surface area contributed by atoms with Gasteiger partial charge < -0.3 is 20.4 Å². The van der Waals surface area contributed by atoms with Crippen molar-refractivity contribution in [1.82, 2.24) is 0 Å². The number of carbonyl (C=O) groups excluding carboxylic acids is 1. The second-order valence-electron chi connectivity index (χ2n) is 7.51. The highest BCUT2D eigenvalue weighted by Gasteiger charge is 2.76. The van der Waals surface area contributed by atoms with Crippen molar-refractivity contribution in [3.05, 3.63) is 11.1 Å². The van der Waals surface area contributed by atoms with Crippen molar-refractivity contribution in [3.8, 4) is 0 Å². The van der Waals surface area contributed by atoms with Crippen molar-refractivity contribution >= 4 is 5.78 Å². The summed E-state index contributed by atoms with van der Waals surface area (Å²) >= 11 is 0. The van der Waals surface area contributed by atoms with Gasteiger partial charge in [0.25, 0.3) is 0 Å². The van der Waals surface area contributed by atoms with Crippen LogP contribution in [0.4, 0.5) is 0 Å². The van der Waals surface area contributed by atoms with Crippen LogP contribution >= 0.6 is 0 Å². The maximum absolute atomic E-state index is 12.6. The van der Waals surface area contributed by atoms with Crippen molar-refractivity contribution in [2.75, 3.05) is 0 Å². The van der Waals surface area contributed by atoms with Crippen LogP contribution in [0, 0.1) is 10.8 Å². The normalized spacial score (nSPS) is 48.7. The van der Waals surface area contributed by atoms with Gasteiger partial charge >= 0.3 is 0 Å². The summed E-state index contributed by atoms with van der Waals surface area (Å²) in [6.07, 6.45) is -1.23. The molecule has 0 radical (unpaired) electrons. The highest BCUT2D eigenvalue weighted by molar-refractivity contribution is 6.06. The summed E-state index contributed by atoms with van der Waals surface area (Å²) in [6, 6.07) is 0. The Bertz CT molecular complexity index is 536. The van der Waals surface area contributed by atoms with E-state index in [2.05, 4.69) is 0 Å². The summed E-state index contributed by atoms with van der Waals surface area (Å²) in [7, 11) is 0. The van der Waals surface area contributed by atoms with Gasteiger partial charge in [0.15, 0.2) is 5.78 Å². The molecule has 0 aliphatic heterocycles. The van der Waals surface area contributed by atoms with Crippen LogP contribution < -0.4 is 0 Å². The highest BCUT2D eigenvalue weighted by Crippen LogP contribution is 2.68. The highest BCUT2D eigenvalue weighted by atomic mass is 16.3. The summed E-state index contributed by atoms with van der Waals surface area (Å²) in [6.45, 7) is 6.25. The third-order valence-corrected chi connectivity index (χ3v) is 6.07. The van der Waals surface area contributed by atoms with Crippen LogP contribution in [0.1, 0.15) is 40.5 Å². The Morgan fingerprint density at radius 3 is 1.90 bits per heavy atom.